The van der Waals surface area contributed by atoms with Gasteiger partial charge in [0, 0.05) is 22.6 Å². The summed E-state index contributed by atoms with van der Waals surface area (Å²) in [5, 5.41) is 13.4. The van der Waals surface area contributed by atoms with E-state index in [0.717, 1.165) is 10.6 Å². The van der Waals surface area contributed by atoms with E-state index in [1.165, 1.54) is 19.2 Å². The maximum Gasteiger partial charge on any atom is 0.328 e. The Hall–Kier alpha value is -5.85. The first kappa shape index (κ1) is 36.1. The van der Waals surface area contributed by atoms with Gasteiger partial charge in [-0.3, -0.25) is 24.6 Å². The average molecular weight is 782 g/mol. The van der Waals surface area contributed by atoms with E-state index in [2.05, 4.69) is 5.43 Å². The number of nitrogens with zero attached hydrogens (tertiary/aromatic N) is 2. The molecule has 4 aliphatic rings. The van der Waals surface area contributed by atoms with Crippen LogP contribution in [0.4, 0.5) is 10.5 Å². The van der Waals surface area contributed by atoms with Gasteiger partial charge in [0.15, 0.2) is 0 Å². The lowest BCUT2D eigenvalue weighted by Gasteiger charge is -2.50. The number of imide groups is 4. The Morgan fingerprint density at radius 2 is 1.64 bits per heavy atom. The molecule has 0 bridgehead atoms. The average Bonchev–Trinajstić information content (AvgIpc) is 3.56. The summed E-state index contributed by atoms with van der Waals surface area (Å²) >= 11 is 12.7. The lowest BCUT2D eigenvalue weighted by atomic mass is 9.49. The van der Waals surface area contributed by atoms with Crippen molar-refractivity contribution in [3.8, 4) is 17.2 Å². The molecule has 3 fully saturated rings. The highest BCUT2D eigenvalue weighted by Gasteiger charge is 2.71. The highest BCUT2D eigenvalue weighted by molar-refractivity contribution is 6.36. The highest BCUT2D eigenvalue weighted by atomic mass is 35.5. The Bertz CT molecular complexity index is 2300. The molecule has 8 rings (SSSR count). The molecular weight excluding hydrogens is 747 g/mol. The number of phenols is 1. The Morgan fingerprint density at radius 1 is 0.909 bits per heavy atom. The minimum Gasteiger partial charge on any atom is -0.508 e. The quantitative estimate of drug-likeness (QED) is 0.136. The third kappa shape index (κ3) is 5.70. The zero-order valence-electron chi connectivity index (χ0n) is 29.3. The molecule has 6 amide bonds. The predicted octanol–water partition coefficient (Wildman–Crippen LogP) is 6.35. The fraction of sp³-hybridized carbons (Fsp3) is 0.244. The number of primary amides is 1. The van der Waals surface area contributed by atoms with Crippen LogP contribution in [0.15, 0.2) is 103 Å². The van der Waals surface area contributed by atoms with Crippen molar-refractivity contribution < 1.29 is 38.6 Å². The van der Waals surface area contributed by atoms with Gasteiger partial charge in [-0.05, 0) is 66.3 Å². The number of hydrogen-bond donors (Lipinski definition) is 3. The van der Waals surface area contributed by atoms with E-state index < -0.39 is 64.7 Å². The summed E-state index contributed by atoms with van der Waals surface area (Å²) in [5.41, 5.74) is 9.20. The van der Waals surface area contributed by atoms with E-state index in [9.17, 15) is 24.3 Å². The number of nitrogens with one attached hydrogen (secondary N) is 1. The number of urea groups is 1. The molecule has 4 aromatic rings. The lowest BCUT2D eigenvalue weighted by molar-refractivity contribution is -0.139. The summed E-state index contributed by atoms with van der Waals surface area (Å²) in [6.45, 7) is 0.227. The van der Waals surface area contributed by atoms with Crippen LogP contribution in [0.25, 0.3) is 0 Å². The summed E-state index contributed by atoms with van der Waals surface area (Å²) < 4.78 is 11.5. The molecular formula is C41H34Cl2N4O8. The van der Waals surface area contributed by atoms with Crippen molar-refractivity contribution >= 4 is 58.5 Å². The Balaban J connectivity index is 1.32. The topological polar surface area (TPSA) is 169 Å². The molecule has 0 spiro atoms. The lowest BCUT2D eigenvalue weighted by Crippen LogP contribution is -2.53. The van der Waals surface area contributed by atoms with Crippen LogP contribution in [0.1, 0.15) is 35.4 Å². The standard InChI is InChI=1S/C41H34Cl2N4O8/c1-54-24-10-7-22(8-11-24)41-30(37(50)47(39(41)52)45-32-16-9-23(42)17-31(32)43)19-29-26(14-15-28-34(29)38(51)46(36(28)49)40(44)53)35(41)27-13-12-25(18-33(27)48)55-20-21-5-3-2-4-6-21/h2-14,16-18,28-30,34-35,45,48H,15,19-20H2,1H3,(H2,44,53)/t28-,29+,30-,34-,35+,41+/m0/s1. The molecule has 4 aromatic carbocycles. The fourth-order valence-electron chi connectivity index (χ4n) is 9.00. The minimum atomic E-state index is -1.71. The van der Waals surface area contributed by atoms with Gasteiger partial charge in [-0.15, -0.1) is 0 Å². The van der Waals surface area contributed by atoms with E-state index in [1.807, 2.05) is 30.3 Å². The third-order valence-corrected chi connectivity index (χ3v) is 11.9. The molecule has 2 aliphatic carbocycles. The number of phenolic OH excluding ortho intramolecular Hbond substituents is 1. The van der Waals surface area contributed by atoms with Gasteiger partial charge in [-0.25, -0.2) is 4.79 Å². The molecule has 2 heterocycles. The second kappa shape index (κ2) is 13.8. The second-order valence-electron chi connectivity index (χ2n) is 14.1. The predicted molar refractivity (Wildman–Crippen MR) is 201 cm³/mol. The summed E-state index contributed by atoms with van der Waals surface area (Å²) in [5.74, 6) is -7.01. The number of ether oxygens (including phenoxy) is 2. The Labute approximate surface area is 325 Å². The number of hydrazine groups is 1. The number of nitrogens with two attached hydrogens (primary N) is 1. The summed E-state index contributed by atoms with van der Waals surface area (Å²) in [6, 6.07) is 24.4. The Kier molecular flexibility index (Phi) is 9.05. The van der Waals surface area contributed by atoms with E-state index in [4.69, 9.17) is 38.4 Å². The van der Waals surface area contributed by atoms with Crippen molar-refractivity contribution in [1.29, 1.82) is 0 Å². The third-order valence-electron chi connectivity index (χ3n) is 11.4. The van der Waals surface area contributed by atoms with Gasteiger partial charge in [0.05, 0.1) is 41.0 Å². The number of likely N-dealkylation sites (tertiary alicyclic amines) is 1. The van der Waals surface area contributed by atoms with E-state index in [1.54, 1.807) is 54.6 Å². The highest BCUT2D eigenvalue weighted by Crippen LogP contribution is 2.65. The molecule has 0 unspecified atom stereocenters. The molecule has 280 valence electrons. The number of carbonyl (C=O) groups is 5. The number of benzene rings is 4. The van der Waals surface area contributed by atoms with Crippen LogP contribution in [0, 0.1) is 23.7 Å². The fourth-order valence-corrected chi connectivity index (χ4v) is 9.45. The normalized spacial score (nSPS) is 25.6. The number of amides is 6. The van der Waals surface area contributed by atoms with Crippen molar-refractivity contribution in [1.82, 2.24) is 9.91 Å². The first-order chi connectivity index (χ1) is 26.4. The molecule has 12 nitrogen and oxygen atoms in total. The van der Waals surface area contributed by atoms with Crippen LogP contribution in [0.2, 0.25) is 10.0 Å². The van der Waals surface area contributed by atoms with Crippen molar-refractivity contribution in [2.24, 2.45) is 29.4 Å². The molecule has 4 N–H and O–H groups in total. The van der Waals surface area contributed by atoms with Crippen molar-refractivity contribution in [2.75, 3.05) is 12.5 Å². The number of methoxy groups -OCH3 is 1. The van der Waals surface area contributed by atoms with Gasteiger partial charge in [-0.2, -0.15) is 9.91 Å². The van der Waals surface area contributed by atoms with E-state index >= 15 is 4.79 Å². The summed E-state index contributed by atoms with van der Waals surface area (Å²) in [6.07, 6.45) is 1.82. The Morgan fingerprint density at radius 3 is 2.31 bits per heavy atom. The maximum absolute atomic E-state index is 15.4. The van der Waals surface area contributed by atoms with Crippen LogP contribution in [-0.2, 0) is 31.2 Å². The van der Waals surface area contributed by atoms with Gasteiger partial charge >= 0.3 is 6.03 Å². The zero-order chi connectivity index (χ0) is 38.8. The molecule has 1 saturated carbocycles. The molecule has 2 aliphatic heterocycles. The summed E-state index contributed by atoms with van der Waals surface area (Å²) in [4.78, 5) is 70.5. The van der Waals surface area contributed by atoms with E-state index in [-0.39, 0.29) is 35.9 Å². The smallest absolute Gasteiger partial charge is 0.328 e. The second-order valence-corrected chi connectivity index (χ2v) is 14.9. The monoisotopic (exact) mass is 780 g/mol. The van der Waals surface area contributed by atoms with E-state index in [0.29, 0.717) is 38.1 Å². The zero-order valence-corrected chi connectivity index (χ0v) is 30.8. The SMILES string of the molecule is COc1ccc([C@@]23C(=O)N(Nc4ccc(Cl)cc4Cl)C(=O)[C@@H]2C[C@@H]2C(=CC[C@@H]4C(=O)N(C(N)=O)C(=O)[C@@H]42)[C@@H]3c2ccc(OCc3ccccc3)cc2O)cc1. The van der Waals surface area contributed by atoms with Crippen molar-refractivity contribution in [3.05, 3.63) is 129 Å². The molecule has 2 saturated heterocycles. The van der Waals surface area contributed by atoms with Gasteiger partial charge < -0.3 is 20.3 Å². The number of carbonyl (C=O) groups excluding carboxylic acids is 5. The minimum absolute atomic E-state index is 0.0444. The van der Waals surface area contributed by atoms with Crippen molar-refractivity contribution in [2.45, 2.75) is 30.8 Å². The number of allylic oxidation sites excluding steroid dienone is 2. The first-order valence-corrected chi connectivity index (χ1v) is 18.3. The molecule has 14 heteroatoms. The van der Waals surface area contributed by atoms with Crippen LogP contribution in [-0.4, -0.2) is 51.8 Å². The number of fused-ring (bicyclic) bond motifs is 4. The van der Waals surface area contributed by atoms with Gasteiger partial charge in [-0.1, -0.05) is 83.4 Å². The molecule has 0 aromatic heterocycles. The van der Waals surface area contributed by atoms with Crippen LogP contribution >= 0.6 is 23.2 Å². The number of aromatic hydroxyl groups is 1. The van der Waals surface area contributed by atoms with Gasteiger partial charge in [0.2, 0.25) is 11.8 Å². The summed E-state index contributed by atoms with van der Waals surface area (Å²) in [7, 11) is 1.51. The van der Waals surface area contributed by atoms with Gasteiger partial charge in [0.25, 0.3) is 11.8 Å². The van der Waals surface area contributed by atoms with Crippen LogP contribution in [0.3, 0.4) is 0 Å². The van der Waals surface area contributed by atoms with Crippen LogP contribution in [0.5, 0.6) is 17.2 Å². The number of rotatable bonds is 8. The van der Waals surface area contributed by atoms with Gasteiger partial charge in [0.1, 0.15) is 23.9 Å². The number of hydrogen-bond acceptors (Lipinski definition) is 9. The largest absolute Gasteiger partial charge is 0.508 e. The molecule has 55 heavy (non-hydrogen) atoms. The van der Waals surface area contributed by atoms with Crippen molar-refractivity contribution in [3.63, 3.8) is 0 Å². The maximum atomic E-state index is 15.4. The first-order valence-electron chi connectivity index (χ1n) is 17.6. The van der Waals surface area contributed by atoms with Crippen LogP contribution < -0.4 is 20.6 Å². The number of anilines is 1. The molecule has 0 radical (unpaired) electrons. The number of halogens is 2. The molecule has 6 atom stereocenters.